The van der Waals surface area contributed by atoms with Crippen LogP contribution < -0.4 is 11.1 Å². The summed E-state index contributed by atoms with van der Waals surface area (Å²) in [7, 11) is 0. The average molecular weight is 253 g/mol. The van der Waals surface area contributed by atoms with Gasteiger partial charge in [0.15, 0.2) is 0 Å². The number of aryl methyl sites for hydroxylation is 1. The van der Waals surface area contributed by atoms with Crippen molar-refractivity contribution in [1.82, 2.24) is 10.3 Å². The lowest BCUT2D eigenvalue weighted by Gasteiger charge is -2.31. The van der Waals surface area contributed by atoms with Crippen molar-refractivity contribution in [3.63, 3.8) is 0 Å². The molecule has 3 N–H and O–H groups in total. The van der Waals surface area contributed by atoms with E-state index in [-0.39, 0.29) is 11.9 Å². The van der Waals surface area contributed by atoms with Gasteiger partial charge in [-0.05, 0) is 25.5 Å². The van der Waals surface area contributed by atoms with Gasteiger partial charge in [0, 0.05) is 30.8 Å². The van der Waals surface area contributed by atoms with Crippen molar-refractivity contribution in [3.8, 4) is 0 Å². The average Bonchev–Trinajstić information content (AvgIpc) is 2.28. The maximum Gasteiger partial charge on any atom is 0.138 e. The largest absolute Gasteiger partial charge is 0.383 e. The summed E-state index contributed by atoms with van der Waals surface area (Å²) in [5, 5.41) is 3.26. The van der Waals surface area contributed by atoms with Crippen LogP contribution in [0.3, 0.4) is 0 Å². The number of anilines is 1. The van der Waals surface area contributed by atoms with E-state index in [1.807, 2.05) is 6.92 Å². The number of alkyl halides is 1. The van der Waals surface area contributed by atoms with E-state index in [9.17, 15) is 4.39 Å². The molecule has 1 saturated heterocycles. The number of nitrogens with one attached hydrogen (secondary N) is 1. The second-order valence-electron chi connectivity index (χ2n) is 5.02. The maximum absolute atomic E-state index is 14.9. The summed E-state index contributed by atoms with van der Waals surface area (Å²) >= 11 is 0. The Morgan fingerprint density at radius 3 is 3.06 bits per heavy atom. The Morgan fingerprint density at radius 1 is 1.67 bits per heavy atom. The van der Waals surface area contributed by atoms with Crippen molar-refractivity contribution in [1.29, 1.82) is 0 Å². The van der Waals surface area contributed by atoms with E-state index < -0.39 is 5.67 Å². The lowest BCUT2D eigenvalue weighted by molar-refractivity contribution is 0.0474. The maximum atomic E-state index is 14.9. The molecule has 0 aliphatic carbocycles. The molecule has 0 radical (unpaired) electrons. The van der Waals surface area contributed by atoms with Gasteiger partial charge >= 0.3 is 0 Å². The van der Waals surface area contributed by atoms with Crippen LogP contribution in [0.25, 0.3) is 0 Å². The van der Waals surface area contributed by atoms with Crippen molar-refractivity contribution in [2.24, 2.45) is 0 Å². The first-order chi connectivity index (χ1) is 8.50. The van der Waals surface area contributed by atoms with Gasteiger partial charge in [-0.25, -0.2) is 9.37 Å². The van der Waals surface area contributed by atoms with Crippen molar-refractivity contribution < 1.29 is 9.13 Å². The topological polar surface area (TPSA) is 60.2 Å². The molecule has 1 aliphatic heterocycles. The van der Waals surface area contributed by atoms with E-state index in [0.29, 0.717) is 25.2 Å². The Hall–Kier alpha value is -1.20. The molecule has 0 spiro atoms. The summed E-state index contributed by atoms with van der Waals surface area (Å²) in [6.07, 6.45) is 1.94. The fourth-order valence-electron chi connectivity index (χ4n) is 2.57. The summed E-state index contributed by atoms with van der Waals surface area (Å²) in [5.41, 5.74) is 5.65. The quantitative estimate of drug-likeness (QED) is 0.857. The standard InChI is InChI=1S/C13H20FN3O/c1-9-3-4-17-12(15)11(9)13(2,14)7-10-8-18-6-5-16-10/h3-4,10,16H,5-8H2,1-2H3,(H2,15,17). The number of morpholine rings is 1. The van der Waals surface area contributed by atoms with Crippen LogP contribution in [0.5, 0.6) is 0 Å². The number of hydrogen-bond acceptors (Lipinski definition) is 4. The lowest BCUT2D eigenvalue weighted by Crippen LogP contribution is -2.44. The van der Waals surface area contributed by atoms with E-state index >= 15 is 0 Å². The molecule has 0 amide bonds. The highest BCUT2D eigenvalue weighted by Crippen LogP contribution is 2.36. The first-order valence-electron chi connectivity index (χ1n) is 6.22. The molecule has 1 fully saturated rings. The Kier molecular flexibility index (Phi) is 3.82. The van der Waals surface area contributed by atoms with Gasteiger partial charge in [0.2, 0.25) is 0 Å². The molecule has 100 valence electrons. The second-order valence-corrected chi connectivity index (χ2v) is 5.02. The minimum absolute atomic E-state index is 0.0211. The molecule has 2 atom stereocenters. The smallest absolute Gasteiger partial charge is 0.138 e. The van der Waals surface area contributed by atoms with Gasteiger partial charge in [0.25, 0.3) is 0 Å². The van der Waals surface area contributed by atoms with Gasteiger partial charge in [0.05, 0.1) is 13.2 Å². The Balaban J connectivity index is 2.18. The number of nitrogens with zero attached hydrogens (tertiary/aromatic N) is 1. The molecule has 5 heteroatoms. The SMILES string of the molecule is Cc1ccnc(N)c1C(C)(F)CC1COCCN1. The fourth-order valence-corrected chi connectivity index (χ4v) is 2.57. The number of hydrogen-bond donors (Lipinski definition) is 2. The molecule has 1 aromatic rings. The molecule has 4 nitrogen and oxygen atoms in total. The van der Waals surface area contributed by atoms with Gasteiger partial charge in [-0.1, -0.05) is 0 Å². The third-order valence-corrected chi connectivity index (χ3v) is 3.34. The summed E-state index contributed by atoms with van der Waals surface area (Å²) in [6, 6.07) is 1.81. The predicted molar refractivity (Wildman–Crippen MR) is 69.1 cm³/mol. The first kappa shape index (κ1) is 13.2. The van der Waals surface area contributed by atoms with Crippen LogP contribution in [0.4, 0.5) is 10.2 Å². The third kappa shape index (κ3) is 2.79. The van der Waals surface area contributed by atoms with Crippen molar-refractivity contribution in [2.75, 3.05) is 25.5 Å². The van der Waals surface area contributed by atoms with Crippen molar-refractivity contribution in [3.05, 3.63) is 23.4 Å². The van der Waals surface area contributed by atoms with Crippen LogP contribution in [0.1, 0.15) is 24.5 Å². The molecule has 18 heavy (non-hydrogen) atoms. The number of ether oxygens (including phenoxy) is 1. The van der Waals surface area contributed by atoms with Gasteiger partial charge in [-0.2, -0.15) is 0 Å². The highest BCUT2D eigenvalue weighted by molar-refractivity contribution is 5.47. The zero-order valence-corrected chi connectivity index (χ0v) is 10.9. The van der Waals surface area contributed by atoms with Crippen LogP contribution in [-0.4, -0.2) is 30.8 Å². The second kappa shape index (κ2) is 5.20. The number of nitrogens with two attached hydrogens (primary N) is 1. The summed E-state index contributed by atoms with van der Waals surface area (Å²) < 4.78 is 20.3. The highest BCUT2D eigenvalue weighted by Gasteiger charge is 2.34. The monoisotopic (exact) mass is 253 g/mol. The number of pyridine rings is 1. The molecule has 0 aromatic carbocycles. The van der Waals surface area contributed by atoms with E-state index in [4.69, 9.17) is 10.5 Å². The van der Waals surface area contributed by atoms with Gasteiger partial charge in [-0.15, -0.1) is 0 Å². The number of nitrogen functional groups attached to an aromatic ring is 1. The molecule has 2 heterocycles. The summed E-state index contributed by atoms with van der Waals surface area (Å²) in [4.78, 5) is 3.99. The van der Waals surface area contributed by atoms with Crippen LogP contribution >= 0.6 is 0 Å². The Labute approximate surface area is 107 Å². The third-order valence-electron chi connectivity index (χ3n) is 3.34. The highest BCUT2D eigenvalue weighted by atomic mass is 19.1. The number of halogens is 1. The van der Waals surface area contributed by atoms with Crippen LogP contribution in [0.15, 0.2) is 12.3 Å². The summed E-state index contributed by atoms with van der Waals surface area (Å²) in [6.45, 7) is 5.41. The van der Waals surface area contributed by atoms with Gasteiger partial charge in [-0.3, -0.25) is 0 Å². The minimum Gasteiger partial charge on any atom is -0.383 e. The van der Waals surface area contributed by atoms with Gasteiger partial charge in [0.1, 0.15) is 11.5 Å². The zero-order chi connectivity index (χ0) is 13.2. The van der Waals surface area contributed by atoms with E-state index in [1.54, 1.807) is 19.2 Å². The van der Waals surface area contributed by atoms with E-state index in [2.05, 4.69) is 10.3 Å². The lowest BCUT2D eigenvalue weighted by atomic mass is 9.88. The number of rotatable bonds is 3. The van der Waals surface area contributed by atoms with Crippen molar-refractivity contribution >= 4 is 5.82 Å². The molecular formula is C13H20FN3O. The minimum atomic E-state index is -1.50. The molecule has 0 saturated carbocycles. The Morgan fingerprint density at radius 2 is 2.44 bits per heavy atom. The van der Waals surface area contributed by atoms with Crippen molar-refractivity contribution in [2.45, 2.75) is 32.0 Å². The molecule has 2 unspecified atom stereocenters. The first-order valence-corrected chi connectivity index (χ1v) is 6.22. The molecular weight excluding hydrogens is 233 g/mol. The van der Waals surface area contributed by atoms with Crippen LogP contribution in [-0.2, 0) is 10.4 Å². The Bertz CT molecular complexity index is 396. The summed E-state index contributed by atoms with van der Waals surface area (Å²) in [5.74, 6) is 0.275. The van der Waals surface area contributed by atoms with E-state index in [0.717, 1.165) is 12.1 Å². The van der Waals surface area contributed by atoms with Gasteiger partial charge < -0.3 is 15.8 Å². The predicted octanol–water partition coefficient (Wildman–Crippen LogP) is 1.54. The van der Waals surface area contributed by atoms with Crippen LogP contribution in [0.2, 0.25) is 0 Å². The zero-order valence-electron chi connectivity index (χ0n) is 10.9. The molecule has 1 aromatic heterocycles. The normalized spacial score (nSPS) is 23.6. The fraction of sp³-hybridized carbons (Fsp3) is 0.615. The molecule has 1 aliphatic rings. The molecule has 2 rings (SSSR count). The molecule has 0 bridgehead atoms. The van der Waals surface area contributed by atoms with E-state index in [1.165, 1.54) is 0 Å². The number of aromatic nitrogens is 1. The van der Waals surface area contributed by atoms with Crippen LogP contribution in [0, 0.1) is 6.92 Å².